The highest BCUT2D eigenvalue weighted by atomic mass is 32.2. The van der Waals surface area contributed by atoms with E-state index in [1.807, 2.05) is 6.07 Å². The van der Waals surface area contributed by atoms with Crippen LogP contribution in [0, 0.1) is 23.1 Å². The van der Waals surface area contributed by atoms with Gasteiger partial charge >= 0.3 is 0 Å². The van der Waals surface area contributed by atoms with Gasteiger partial charge in [0.15, 0.2) is 9.84 Å². The molecular weight excluding hydrogens is 365 g/mol. The standard InChI is InChI=1S/C21H22FNO3S/c1-21(24)10-8-15(9-11-21)14-27(25,26)18-5-3-17(4-6-18)19-7-2-16(13-23)12-20(19)22/h2-7,12,15,24H,8-11,14H2,1H3/t15-,21+. The Morgan fingerprint density at radius 1 is 1.19 bits per heavy atom. The van der Waals surface area contributed by atoms with Crippen LogP contribution in [0.4, 0.5) is 4.39 Å². The third-order valence-electron chi connectivity index (χ3n) is 5.26. The fourth-order valence-electron chi connectivity index (χ4n) is 3.53. The van der Waals surface area contributed by atoms with Crippen LogP contribution < -0.4 is 0 Å². The molecule has 0 spiro atoms. The van der Waals surface area contributed by atoms with E-state index in [1.54, 1.807) is 19.1 Å². The normalized spacial score (nSPS) is 23.0. The molecule has 0 aliphatic heterocycles. The van der Waals surface area contributed by atoms with Crippen molar-refractivity contribution < 1.29 is 17.9 Å². The summed E-state index contributed by atoms with van der Waals surface area (Å²) in [5, 5.41) is 18.8. The minimum atomic E-state index is -3.44. The highest BCUT2D eigenvalue weighted by Gasteiger charge is 2.31. The SMILES string of the molecule is C[C@]1(O)CC[C@@H](CS(=O)(=O)c2ccc(-c3ccc(C#N)cc3F)cc2)CC1. The zero-order chi connectivity index (χ0) is 19.7. The highest BCUT2D eigenvalue weighted by Crippen LogP contribution is 2.33. The van der Waals surface area contributed by atoms with Gasteiger partial charge in [0.25, 0.3) is 0 Å². The topological polar surface area (TPSA) is 78.2 Å². The van der Waals surface area contributed by atoms with E-state index in [4.69, 9.17) is 5.26 Å². The molecule has 1 aliphatic carbocycles. The Kier molecular flexibility index (Phi) is 5.36. The van der Waals surface area contributed by atoms with Crippen LogP contribution >= 0.6 is 0 Å². The predicted molar refractivity (Wildman–Crippen MR) is 101 cm³/mol. The van der Waals surface area contributed by atoms with Crippen molar-refractivity contribution in [2.45, 2.75) is 43.1 Å². The summed E-state index contributed by atoms with van der Waals surface area (Å²) in [4.78, 5) is 0.220. The number of hydrogen-bond acceptors (Lipinski definition) is 4. The average Bonchev–Trinajstić information content (AvgIpc) is 2.63. The summed E-state index contributed by atoms with van der Waals surface area (Å²) < 4.78 is 39.5. The lowest BCUT2D eigenvalue weighted by atomic mass is 9.81. The van der Waals surface area contributed by atoms with Crippen molar-refractivity contribution in [3.05, 3.63) is 53.8 Å². The number of sulfone groups is 1. The summed E-state index contributed by atoms with van der Waals surface area (Å²) in [6.45, 7) is 1.79. The summed E-state index contributed by atoms with van der Waals surface area (Å²) in [5.41, 5.74) is 0.437. The summed E-state index contributed by atoms with van der Waals surface area (Å²) in [5.74, 6) is -0.405. The van der Waals surface area contributed by atoms with Crippen LogP contribution in [0.25, 0.3) is 11.1 Å². The largest absolute Gasteiger partial charge is 0.390 e. The molecular formula is C21H22FNO3S. The lowest BCUT2D eigenvalue weighted by Gasteiger charge is -2.32. The lowest BCUT2D eigenvalue weighted by molar-refractivity contribution is 0.0108. The first-order valence-electron chi connectivity index (χ1n) is 8.95. The smallest absolute Gasteiger partial charge is 0.178 e. The van der Waals surface area contributed by atoms with Gasteiger partial charge in [0.05, 0.1) is 27.9 Å². The maximum atomic E-state index is 14.1. The van der Waals surface area contributed by atoms with E-state index in [-0.39, 0.29) is 22.1 Å². The van der Waals surface area contributed by atoms with Gasteiger partial charge < -0.3 is 5.11 Å². The summed E-state index contributed by atoms with van der Waals surface area (Å²) in [6, 6.07) is 12.3. The molecule has 4 nitrogen and oxygen atoms in total. The molecule has 1 aliphatic rings. The molecule has 3 rings (SSSR count). The van der Waals surface area contributed by atoms with E-state index in [0.717, 1.165) is 6.07 Å². The molecule has 1 N–H and O–H groups in total. The number of halogens is 1. The second-order valence-corrected chi connectivity index (χ2v) is 9.59. The van der Waals surface area contributed by atoms with Crippen molar-refractivity contribution in [2.75, 3.05) is 5.75 Å². The van der Waals surface area contributed by atoms with Gasteiger partial charge in [-0.15, -0.1) is 0 Å². The van der Waals surface area contributed by atoms with Crippen LogP contribution in [-0.2, 0) is 9.84 Å². The van der Waals surface area contributed by atoms with Crippen LogP contribution in [0.1, 0.15) is 38.2 Å². The Bertz CT molecular complexity index is 965. The zero-order valence-corrected chi connectivity index (χ0v) is 16.0. The van der Waals surface area contributed by atoms with Crippen molar-refractivity contribution >= 4 is 9.84 Å². The van der Waals surface area contributed by atoms with Crippen molar-refractivity contribution in [1.29, 1.82) is 5.26 Å². The Morgan fingerprint density at radius 2 is 1.81 bits per heavy atom. The van der Waals surface area contributed by atoms with Crippen LogP contribution in [0.3, 0.4) is 0 Å². The molecule has 0 heterocycles. The molecule has 0 unspecified atom stereocenters. The van der Waals surface area contributed by atoms with E-state index in [1.165, 1.54) is 24.3 Å². The molecule has 0 aromatic heterocycles. The van der Waals surface area contributed by atoms with Crippen LogP contribution in [0.15, 0.2) is 47.4 Å². The average molecular weight is 387 g/mol. The Morgan fingerprint density at radius 3 is 2.37 bits per heavy atom. The molecule has 0 radical (unpaired) electrons. The Balaban J connectivity index is 1.76. The summed E-state index contributed by atoms with van der Waals surface area (Å²) in [6.07, 6.45) is 2.62. The highest BCUT2D eigenvalue weighted by molar-refractivity contribution is 7.91. The minimum Gasteiger partial charge on any atom is -0.390 e. The van der Waals surface area contributed by atoms with E-state index in [9.17, 15) is 17.9 Å². The van der Waals surface area contributed by atoms with Gasteiger partial charge in [-0.3, -0.25) is 0 Å². The molecule has 0 atom stereocenters. The number of aliphatic hydroxyl groups is 1. The molecule has 1 fully saturated rings. The maximum Gasteiger partial charge on any atom is 0.178 e. The number of benzene rings is 2. The van der Waals surface area contributed by atoms with Crippen molar-refractivity contribution in [3.8, 4) is 17.2 Å². The van der Waals surface area contributed by atoms with Crippen molar-refractivity contribution in [2.24, 2.45) is 5.92 Å². The van der Waals surface area contributed by atoms with Crippen LogP contribution in [0.5, 0.6) is 0 Å². The second-order valence-electron chi connectivity index (χ2n) is 7.55. The molecule has 2 aromatic carbocycles. The van der Waals surface area contributed by atoms with Gasteiger partial charge in [0, 0.05) is 5.56 Å². The minimum absolute atomic E-state index is 0.0471. The molecule has 142 valence electrons. The van der Waals surface area contributed by atoms with E-state index in [0.29, 0.717) is 36.8 Å². The van der Waals surface area contributed by atoms with E-state index in [2.05, 4.69) is 0 Å². The summed E-state index contributed by atoms with van der Waals surface area (Å²) in [7, 11) is -3.44. The molecule has 0 bridgehead atoms. The zero-order valence-electron chi connectivity index (χ0n) is 15.2. The third-order valence-corrected chi connectivity index (χ3v) is 7.16. The van der Waals surface area contributed by atoms with Gasteiger partial charge in [-0.2, -0.15) is 5.26 Å². The van der Waals surface area contributed by atoms with Crippen LogP contribution in [-0.4, -0.2) is 24.9 Å². The number of rotatable bonds is 4. The van der Waals surface area contributed by atoms with Crippen molar-refractivity contribution in [1.82, 2.24) is 0 Å². The fourth-order valence-corrected chi connectivity index (χ4v) is 5.23. The van der Waals surface area contributed by atoms with Gasteiger partial charge in [-0.25, -0.2) is 12.8 Å². The lowest BCUT2D eigenvalue weighted by Crippen LogP contribution is -2.32. The first-order valence-corrected chi connectivity index (χ1v) is 10.6. The first-order chi connectivity index (χ1) is 12.7. The quantitative estimate of drug-likeness (QED) is 0.857. The molecule has 0 saturated heterocycles. The van der Waals surface area contributed by atoms with Gasteiger partial charge in [-0.1, -0.05) is 18.2 Å². The van der Waals surface area contributed by atoms with Gasteiger partial charge in [0.2, 0.25) is 0 Å². The fraction of sp³-hybridized carbons (Fsp3) is 0.381. The predicted octanol–water partition coefficient (Wildman–Crippen LogP) is 4.08. The van der Waals surface area contributed by atoms with E-state index >= 15 is 0 Å². The Hall–Kier alpha value is -2.23. The Labute approximate surface area is 159 Å². The number of hydrogen-bond donors (Lipinski definition) is 1. The first kappa shape index (κ1) is 19.5. The summed E-state index contributed by atoms with van der Waals surface area (Å²) >= 11 is 0. The number of nitrogens with zero attached hydrogens (tertiary/aromatic N) is 1. The molecule has 6 heteroatoms. The maximum absolute atomic E-state index is 14.1. The van der Waals surface area contributed by atoms with Gasteiger partial charge in [-0.05, 0) is 68.4 Å². The van der Waals surface area contributed by atoms with Crippen molar-refractivity contribution in [3.63, 3.8) is 0 Å². The molecule has 0 amide bonds. The molecule has 1 saturated carbocycles. The molecule has 2 aromatic rings. The molecule has 27 heavy (non-hydrogen) atoms. The monoisotopic (exact) mass is 387 g/mol. The van der Waals surface area contributed by atoms with Gasteiger partial charge in [0.1, 0.15) is 5.82 Å². The van der Waals surface area contributed by atoms with Crippen LogP contribution in [0.2, 0.25) is 0 Å². The van der Waals surface area contributed by atoms with E-state index < -0.39 is 21.3 Å². The second kappa shape index (κ2) is 7.41. The third kappa shape index (κ3) is 4.55. The number of nitriles is 1.